The van der Waals surface area contributed by atoms with Gasteiger partial charge < -0.3 is 18.5 Å². The topological polar surface area (TPSA) is 122 Å². The second kappa shape index (κ2) is 10.9. The molecule has 0 saturated carbocycles. The van der Waals surface area contributed by atoms with Crippen LogP contribution >= 0.6 is 7.60 Å². The van der Waals surface area contributed by atoms with Crippen LogP contribution in [0.4, 0.5) is 5.69 Å². The summed E-state index contributed by atoms with van der Waals surface area (Å²) in [4.78, 5) is 26.8. The van der Waals surface area contributed by atoms with Crippen molar-refractivity contribution >= 4 is 46.8 Å². The molecule has 182 valence electrons. The van der Waals surface area contributed by atoms with E-state index in [0.29, 0.717) is 37.3 Å². The molecule has 0 fully saturated rings. The Morgan fingerprint density at radius 2 is 1.68 bits per heavy atom. The highest BCUT2D eigenvalue weighted by Crippen LogP contribution is 2.48. The molecule has 0 N–H and O–H groups in total. The first kappa shape index (κ1) is 25.6. The van der Waals surface area contributed by atoms with Gasteiger partial charge in [-0.3, -0.25) is 14.7 Å². The predicted molar refractivity (Wildman–Crippen MR) is 130 cm³/mol. The smallest absolute Gasteiger partial charge is 0.331 e. The molecular formula is C23H28N3O7P. The Hall–Kier alpha value is -3.07. The fourth-order valence-electron chi connectivity index (χ4n) is 3.84. The lowest BCUT2D eigenvalue weighted by Crippen LogP contribution is -2.05. The van der Waals surface area contributed by atoms with E-state index in [2.05, 4.69) is 5.16 Å². The Bertz CT molecular complexity index is 1290. The number of nitro benzene ring substituents is 1. The molecule has 0 unspecified atom stereocenters. The maximum Gasteiger partial charge on any atom is 0.331 e. The van der Waals surface area contributed by atoms with Crippen molar-refractivity contribution in [2.24, 2.45) is 5.16 Å². The molecule has 1 heterocycles. The van der Waals surface area contributed by atoms with E-state index in [1.54, 1.807) is 32.9 Å². The zero-order chi connectivity index (χ0) is 24.9. The highest BCUT2D eigenvalue weighted by Gasteiger charge is 2.23. The summed E-state index contributed by atoms with van der Waals surface area (Å²) in [6.45, 7) is 7.64. The van der Waals surface area contributed by atoms with E-state index in [4.69, 9.17) is 13.9 Å². The summed E-state index contributed by atoms with van der Waals surface area (Å²) in [5, 5.41) is 16.7. The normalized spacial score (nSPS) is 12.4. The molecule has 0 bridgehead atoms. The van der Waals surface area contributed by atoms with Crippen molar-refractivity contribution < 1.29 is 28.2 Å². The standard InChI is InChI=1S/C23H28N3O7P/c1-5-31-34(30,32-6-2)13-7-12-25-22-10-8-18(16(3)24-33-17(4)27)14-20(22)21-15-19(26(28)29)9-11-23(21)25/h8-11,14-15H,5-7,12-13H2,1-4H3. The van der Waals surface area contributed by atoms with E-state index in [1.807, 2.05) is 22.8 Å². The molecule has 10 nitrogen and oxygen atoms in total. The van der Waals surface area contributed by atoms with Crippen LogP contribution in [-0.2, 0) is 29.8 Å². The number of aryl methyl sites for hydroxylation is 1. The first-order chi connectivity index (χ1) is 16.2. The average Bonchev–Trinajstić information content (AvgIpc) is 3.10. The maximum atomic E-state index is 12.8. The van der Waals surface area contributed by atoms with Crippen LogP contribution in [0, 0.1) is 10.1 Å². The lowest BCUT2D eigenvalue weighted by atomic mass is 10.1. The van der Waals surface area contributed by atoms with Gasteiger partial charge in [0, 0.05) is 47.4 Å². The third-order valence-electron chi connectivity index (χ3n) is 5.25. The van der Waals surface area contributed by atoms with E-state index in [-0.39, 0.29) is 11.8 Å². The summed E-state index contributed by atoms with van der Waals surface area (Å²) < 4.78 is 25.7. The van der Waals surface area contributed by atoms with E-state index >= 15 is 0 Å². The summed E-state index contributed by atoms with van der Waals surface area (Å²) >= 11 is 0. The Balaban J connectivity index is 2.04. The van der Waals surface area contributed by atoms with Gasteiger partial charge in [0.1, 0.15) is 0 Å². The zero-order valence-electron chi connectivity index (χ0n) is 19.6. The van der Waals surface area contributed by atoms with E-state index in [1.165, 1.54) is 13.0 Å². The number of oxime groups is 1. The molecule has 0 aliphatic carbocycles. The molecule has 0 aliphatic rings. The van der Waals surface area contributed by atoms with Crippen LogP contribution in [0.15, 0.2) is 41.6 Å². The van der Waals surface area contributed by atoms with Gasteiger partial charge in [-0.05, 0) is 51.0 Å². The number of carbonyl (C=O) groups excluding carboxylic acids is 1. The largest absolute Gasteiger partial charge is 0.340 e. The van der Waals surface area contributed by atoms with Crippen molar-refractivity contribution in [1.29, 1.82) is 0 Å². The van der Waals surface area contributed by atoms with Gasteiger partial charge in [0.15, 0.2) is 0 Å². The number of rotatable bonds is 11. The van der Waals surface area contributed by atoms with Gasteiger partial charge in [0.25, 0.3) is 5.69 Å². The molecule has 11 heteroatoms. The predicted octanol–water partition coefficient (Wildman–Crippen LogP) is 5.65. The number of hydrogen-bond donors (Lipinski definition) is 0. The van der Waals surface area contributed by atoms with Gasteiger partial charge in [0.05, 0.1) is 30.0 Å². The summed E-state index contributed by atoms with van der Waals surface area (Å²) in [6, 6.07) is 10.3. The SMILES string of the molecule is CCOP(=O)(CCCn1c2ccc(C(C)=NOC(C)=O)cc2c2cc([N+](=O)[O-])ccc21)OCC. The molecule has 2 aromatic carbocycles. The molecule has 3 aromatic rings. The van der Waals surface area contributed by atoms with Gasteiger partial charge in [0.2, 0.25) is 0 Å². The van der Waals surface area contributed by atoms with Crippen LogP contribution in [0.5, 0.6) is 0 Å². The van der Waals surface area contributed by atoms with Crippen LogP contribution in [-0.4, -0.2) is 40.5 Å². The minimum absolute atomic E-state index is 0.0144. The fourth-order valence-corrected chi connectivity index (χ4v) is 5.49. The lowest BCUT2D eigenvalue weighted by molar-refractivity contribution is -0.384. The minimum Gasteiger partial charge on any atom is -0.340 e. The van der Waals surface area contributed by atoms with E-state index < -0.39 is 18.5 Å². The van der Waals surface area contributed by atoms with Crippen LogP contribution in [0.2, 0.25) is 0 Å². The number of non-ortho nitro benzene ring substituents is 1. The molecule has 0 radical (unpaired) electrons. The number of nitro groups is 1. The van der Waals surface area contributed by atoms with Gasteiger partial charge in [-0.2, -0.15) is 0 Å². The van der Waals surface area contributed by atoms with Gasteiger partial charge in [-0.25, -0.2) is 4.79 Å². The van der Waals surface area contributed by atoms with Crippen LogP contribution < -0.4 is 0 Å². The molecule has 34 heavy (non-hydrogen) atoms. The summed E-state index contributed by atoms with van der Waals surface area (Å²) in [5.41, 5.74) is 2.88. The van der Waals surface area contributed by atoms with Crippen molar-refractivity contribution in [3.63, 3.8) is 0 Å². The van der Waals surface area contributed by atoms with Crippen molar-refractivity contribution in [3.8, 4) is 0 Å². The summed E-state index contributed by atoms with van der Waals surface area (Å²) in [7, 11) is -3.18. The third kappa shape index (κ3) is 5.70. The van der Waals surface area contributed by atoms with Crippen LogP contribution in [0.25, 0.3) is 21.8 Å². The van der Waals surface area contributed by atoms with Crippen molar-refractivity contribution in [2.45, 2.75) is 40.7 Å². The number of carbonyl (C=O) groups is 1. The number of nitrogens with zero attached hydrogens (tertiary/aromatic N) is 3. The van der Waals surface area contributed by atoms with Gasteiger partial charge in [-0.15, -0.1) is 0 Å². The first-order valence-corrected chi connectivity index (χ1v) is 12.7. The van der Waals surface area contributed by atoms with Gasteiger partial charge >= 0.3 is 13.6 Å². The Kier molecular flexibility index (Phi) is 8.19. The molecule has 0 saturated heterocycles. The molecule has 0 atom stereocenters. The van der Waals surface area contributed by atoms with Crippen molar-refractivity contribution in [1.82, 2.24) is 4.57 Å². The quantitative estimate of drug-likeness (QED) is 0.112. The van der Waals surface area contributed by atoms with E-state index in [0.717, 1.165) is 22.0 Å². The number of fused-ring (bicyclic) bond motifs is 3. The number of benzene rings is 2. The third-order valence-corrected chi connectivity index (χ3v) is 7.42. The molecular weight excluding hydrogens is 461 g/mol. The molecule has 0 aliphatic heterocycles. The summed E-state index contributed by atoms with van der Waals surface area (Å²) in [6.07, 6.45) is 0.789. The monoisotopic (exact) mass is 489 g/mol. The highest BCUT2D eigenvalue weighted by molar-refractivity contribution is 7.53. The van der Waals surface area contributed by atoms with E-state index in [9.17, 15) is 19.5 Å². The second-order valence-electron chi connectivity index (χ2n) is 7.63. The van der Waals surface area contributed by atoms with Crippen molar-refractivity contribution in [3.05, 3.63) is 52.1 Å². The van der Waals surface area contributed by atoms with Crippen LogP contribution in [0.1, 0.15) is 39.7 Å². The first-order valence-electron chi connectivity index (χ1n) is 11.0. The minimum atomic E-state index is -3.18. The van der Waals surface area contributed by atoms with Crippen LogP contribution in [0.3, 0.4) is 0 Å². The Morgan fingerprint density at radius 3 is 2.26 bits per heavy atom. The molecule has 0 spiro atoms. The summed E-state index contributed by atoms with van der Waals surface area (Å²) in [5.74, 6) is -0.524. The van der Waals surface area contributed by atoms with Gasteiger partial charge in [-0.1, -0.05) is 11.2 Å². The number of aromatic nitrogens is 1. The Morgan fingerprint density at radius 1 is 1.06 bits per heavy atom. The molecule has 1 aromatic heterocycles. The van der Waals surface area contributed by atoms with Crippen molar-refractivity contribution in [2.75, 3.05) is 19.4 Å². The second-order valence-corrected chi connectivity index (χ2v) is 9.81. The zero-order valence-corrected chi connectivity index (χ0v) is 20.5. The molecule has 0 amide bonds. The molecule has 3 rings (SSSR count). The Labute approximate surface area is 197 Å². The lowest BCUT2D eigenvalue weighted by Gasteiger charge is -2.17. The fraction of sp³-hybridized carbons (Fsp3) is 0.391. The number of hydrogen-bond acceptors (Lipinski definition) is 8. The highest BCUT2D eigenvalue weighted by atomic mass is 31.2. The maximum absolute atomic E-state index is 12.8. The average molecular weight is 489 g/mol.